The van der Waals surface area contributed by atoms with Gasteiger partial charge in [-0.2, -0.15) is 16.3 Å². The van der Waals surface area contributed by atoms with Crippen molar-refractivity contribution < 1.29 is 14.1 Å². The Labute approximate surface area is 207 Å². The molecule has 0 unspecified atom stereocenters. The lowest BCUT2D eigenvalue weighted by Gasteiger charge is -2.34. The van der Waals surface area contributed by atoms with Crippen LogP contribution >= 0.6 is 11.3 Å². The van der Waals surface area contributed by atoms with Crippen LogP contribution in [0.4, 0.5) is 5.69 Å². The molecule has 2 aromatic heterocycles. The van der Waals surface area contributed by atoms with Crippen LogP contribution in [0, 0.1) is 6.92 Å². The molecule has 3 heterocycles. The molecule has 2 aromatic carbocycles. The van der Waals surface area contributed by atoms with Crippen LogP contribution in [0.25, 0.3) is 11.4 Å². The number of carbonyl (C=O) groups is 2. The van der Waals surface area contributed by atoms with Gasteiger partial charge in [-0.05, 0) is 36.1 Å². The van der Waals surface area contributed by atoms with Gasteiger partial charge in [0.25, 0.3) is 11.8 Å². The second kappa shape index (κ2) is 10.2. The fraction of sp³-hybridized carbons (Fsp3) is 0.231. The summed E-state index contributed by atoms with van der Waals surface area (Å²) < 4.78 is 5.48. The van der Waals surface area contributed by atoms with Crippen LogP contribution < -0.4 is 5.32 Å². The number of thiophene rings is 1. The second-order valence-electron chi connectivity index (χ2n) is 8.41. The highest BCUT2D eigenvalue weighted by Crippen LogP contribution is 2.22. The van der Waals surface area contributed by atoms with Crippen LogP contribution in [0.3, 0.4) is 0 Å². The minimum absolute atomic E-state index is 0.0921. The number of hydrogen-bond donors (Lipinski definition) is 1. The monoisotopic (exact) mass is 487 g/mol. The number of nitrogens with one attached hydrogen (secondary N) is 1. The maximum absolute atomic E-state index is 13.3. The van der Waals surface area contributed by atoms with Gasteiger partial charge in [0.05, 0.1) is 23.4 Å². The number of aryl methyl sites for hydroxylation is 1. The predicted octanol–water partition coefficient (Wildman–Crippen LogP) is 4.32. The Hall–Kier alpha value is -3.82. The van der Waals surface area contributed by atoms with Crippen LogP contribution in [0.1, 0.15) is 32.2 Å². The van der Waals surface area contributed by atoms with E-state index in [4.69, 9.17) is 4.52 Å². The number of benzene rings is 2. The average Bonchev–Trinajstić information content (AvgIpc) is 3.58. The summed E-state index contributed by atoms with van der Waals surface area (Å²) in [4.78, 5) is 34.3. The molecule has 4 aromatic rings. The molecule has 1 fully saturated rings. The largest absolute Gasteiger partial charge is 0.338 e. The molecule has 5 rings (SSSR count). The van der Waals surface area contributed by atoms with Gasteiger partial charge in [-0.3, -0.25) is 14.5 Å². The molecule has 178 valence electrons. The second-order valence-corrected chi connectivity index (χ2v) is 9.19. The van der Waals surface area contributed by atoms with E-state index in [1.807, 2.05) is 53.6 Å². The number of aromatic nitrogens is 2. The minimum atomic E-state index is -0.221. The number of rotatable bonds is 6. The van der Waals surface area contributed by atoms with Crippen molar-refractivity contribution >= 4 is 28.8 Å². The standard InChI is InChI=1S/C26H25N5O3S/c1-18-6-2-3-7-20(18)24-28-23(34-29-24)16-30-11-13-31(14-12-30)26(33)21-8-4-5-9-22(21)27-25(32)19-10-15-35-17-19/h2-10,15,17H,11-14,16H2,1H3,(H,27,32). The van der Waals surface area contributed by atoms with Crippen molar-refractivity contribution in [3.05, 3.63) is 87.9 Å². The van der Waals surface area contributed by atoms with Crippen LogP contribution in [-0.4, -0.2) is 57.9 Å². The van der Waals surface area contributed by atoms with Crippen molar-refractivity contribution in [1.29, 1.82) is 0 Å². The molecule has 0 saturated carbocycles. The summed E-state index contributed by atoms with van der Waals surface area (Å²) in [6, 6.07) is 16.8. The maximum Gasteiger partial charge on any atom is 0.256 e. The number of amides is 2. The van der Waals surface area contributed by atoms with E-state index in [1.54, 1.807) is 23.6 Å². The summed E-state index contributed by atoms with van der Waals surface area (Å²) in [5, 5.41) is 10.6. The van der Waals surface area contributed by atoms with Gasteiger partial charge in [0.15, 0.2) is 0 Å². The van der Waals surface area contributed by atoms with Crippen LogP contribution in [0.2, 0.25) is 0 Å². The van der Waals surface area contributed by atoms with E-state index < -0.39 is 0 Å². The maximum atomic E-state index is 13.3. The molecule has 1 aliphatic heterocycles. The number of hydrogen-bond acceptors (Lipinski definition) is 7. The first kappa shape index (κ1) is 22.9. The number of carbonyl (C=O) groups excluding carboxylic acids is 2. The van der Waals surface area contributed by atoms with E-state index in [0.29, 0.717) is 61.3 Å². The van der Waals surface area contributed by atoms with Gasteiger partial charge in [-0.25, -0.2) is 0 Å². The molecule has 0 atom stereocenters. The Morgan fingerprint density at radius 1 is 1.03 bits per heavy atom. The van der Waals surface area contributed by atoms with Gasteiger partial charge < -0.3 is 14.7 Å². The molecule has 0 bridgehead atoms. The molecule has 0 aliphatic carbocycles. The lowest BCUT2D eigenvalue weighted by atomic mass is 10.1. The van der Waals surface area contributed by atoms with Crippen molar-refractivity contribution in [3.8, 4) is 11.4 Å². The molecule has 0 radical (unpaired) electrons. The van der Waals surface area contributed by atoms with E-state index in [1.165, 1.54) is 11.3 Å². The number of piperazine rings is 1. The van der Waals surface area contributed by atoms with Gasteiger partial charge in [0.2, 0.25) is 11.7 Å². The van der Waals surface area contributed by atoms with E-state index in [0.717, 1.165) is 11.1 Å². The molecule has 8 nitrogen and oxygen atoms in total. The third-order valence-electron chi connectivity index (χ3n) is 6.06. The van der Waals surface area contributed by atoms with Crippen molar-refractivity contribution in [2.75, 3.05) is 31.5 Å². The zero-order chi connectivity index (χ0) is 24.2. The SMILES string of the molecule is Cc1ccccc1-c1noc(CN2CCN(C(=O)c3ccccc3NC(=O)c3ccsc3)CC2)n1. The first-order chi connectivity index (χ1) is 17.1. The fourth-order valence-electron chi connectivity index (χ4n) is 4.09. The molecular weight excluding hydrogens is 462 g/mol. The summed E-state index contributed by atoms with van der Waals surface area (Å²) in [6.45, 7) is 5.09. The van der Waals surface area contributed by atoms with E-state index >= 15 is 0 Å². The molecule has 0 spiro atoms. The van der Waals surface area contributed by atoms with Crippen molar-refractivity contribution in [3.63, 3.8) is 0 Å². The smallest absolute Gasteiger partial charge is 0.256 e. The van der Waals surface area contributed by atoms with E-state index in [9.17, 15) is 9.59 Å². The highest BCUT2D eigenvalue weighted by molar-refractivity contribution is 7.08. The summed E-state index contributed by atoms with van der Waals surface area (Å²) in [5.41, 5.74) is 3.65. The number of nitrogens with zero attached hydrogens (tertiary/aromatic N) is 4. The number of para-hydroxylation sites is 1. The molecule has 35 heavy (non-hydrogen) atoms. The Bertz CT molecular complexity index is 1330. The minimum Gasteiger partial charge on any atom is -0.338 e. The summed E-state index contributed by atoms with van der Waals surface area (Å²) in [5.74, 6) is 0.837. The van der Waals surface area contributed by atoms with Crippen LogP contribution in [0.15, 0.2) is 69.9 Å². The zero-order valence-electron chi connectivity index (χ0n) is 19.3. The molecule has 1 saturated heterocycles. The molecular formula is C26H25N5O3S. The highest BCUT2D eigenvalue weighted by Gasteiger charge is 2.25. The first-order valence-electron chi connectivity index (χ1n) is 11.4. The Morgan fingerprint density at radius 2 is 1.80 bits per heavy atom. The number of anilines is 1. The predicted molar refractivity (Wildman–Crippen MR) is 134 cm³/mol. The summed E-state index contributed by atoms with van der Waals surface area (Å²) in [6.07, 6.45) is 0. The van der Waals surface area contributed by atoms with Crippen molar-refractivity contribution in [2.45, 2.75) is 13.5 Å². The van der Waals surface area contributed by atoms with E-state index in [-0.39, 0.29) is 11.8 Å². The molecule has 1 aliphatic rings. The van der Waals surface area contributed by atoms with Gasteiger partial charge in [0, 0.05) is 37.1 Å². The van der Waals surface area contributed by atoms with Gasteiger partial charge in [-0.1, -0.05) is 41.6 Å². The topological polar surface area (TPSA) is 91.6 Å². The normalized spacial score (nSPS) is 14.1. The summed E-state index contributed by atoms with van der Waals surface area (Å²) >= 11 is 1.46. The zero-order valence-corrected chi connectivity index (χ0v) is 20.1. The lowest BCUT2D eigenvalue weighted by molar-refractivity contribution is 0.0616. The summed E-state index contributed by atoms with van der Waals surface area (Å²) in [7, 11) is 0. The molecule has 1 N–H and O–H groups in total. The third kappa shape index (κ3) is 5.16. The Balaban J connectivity index is 1.19. The van der Waals surface area contributed by atoms with Gasteiger partial charge >= 0.3 is 0 Å². The van der Waals surface area contributed by atoms with Crippen molar-refractivity contribution in [1.82, 2.24) is 19.9 Å². The fourth-order valence-corrected chi connectivity index (χ4v) is 4.73. The van der Waals surface area contributed by atoms with Gasteiger partial charge in [0.1, 0.15) is 0 Å². The van der Waals surface area contributed by atoms with E-state index in [2.05, 4.69) is 20.4 Å². The quantitative estimate of drug-likeness (QED) is 0.436. The van der Waals surface area contributed by atoms with Crippen LogP contribution in [-0.2, 0) is 6.54 Å². The lowest BCUT2D eigenvalue weighted by Crippen LogP contribution is -2.48. The third-order valence-corrected chi connectivity index (χ3v) is 6.74. The first-order valence-corrected chi connectivity index (χ1v) is 12.4. The Morgan fingerprint density at radius 3 is 2.57 bits per heavy atom. The Kier molecular flexibility index (Phi) is 6.69. The molecule has 2 amide bonds. The van der Waals surface area contributed by atoms with Crippen LogP contribution in [0.5, 0.6) is 0 Å². The van der Waals surface area contributed by atoms with Crippen molar-refractivity contribution in [2.24, 2.45) is 0 Å². The average molecular weight is 488 g/mol. The highest BCUT2D eigenvalue weighted by atomic mass is 32.1. The molecule has 9 heteroatoms. The van der Waals surface area contributed by atoms with Gasteiger partial charge in [-0.15, -0.1) is 0 Å².